The first-order valence-corrected chi connectivity index (χ1v) is 9.69. The summed E-state index contributed by atoms with van der Waals surface area (Å²) in [6.07, 6.45) is 5.73. The fourth-order valence-corrected chi connectivity index (χ4v) is 6.34. The van der Waals surface area contributed by atoms with E-state index in [1.54, 1.807) is 0 Å². The van der Waals surface area contributed by atoms with Crippen LogP contribution in [0.4, 0.5) is 0 Å². The Morgan fingerprint density at radius 3 is 0.818 bits per heavy atom. The van der Waals surface area contributed by atoms with Crippen molar-refractivity contribution in [1.29, 1.82) is 0 Å². The highest BCUT2D eigenvalue weighted by Gasteiger charge is 2.51. The highest BCUT2D eigenvalue weighted by molar-refractivity contribution is 5.01. The molecule has 0 bridgehead atoms. The Hall–Kier alpha value is 0. The van der Waals surface area contributed by atoms with Gasteiger partial charge in [0.2, 0.25) is 0 Å². The molecule has 0 nitrogen and oxygen atoms in total. The van der Waals surface area contributed by atoms with E-state index in [-0.39, 0.29) is 0 Å². The normalized spacial score (nSPS) is 42.8. The maximum absolute atomic E-state index is 2.52. The van der Waals surface area contributed by atoms with Crippen LogP contribution in [-0.2, 0) is 0 Å². The number of hydrogen-bond donors (Lipinski definition) is 0. The average molecular weight is 307 g/mol. The Morgan fingerprint density at radius 2 is 0.636 bits per heavy atom. The number of hydrogen-bond acceptors (Lipinski definition) is 0. The number of rotatable bonds is 1. The Balaban J connectivity index is 2.25. The largest absolute Gasteiger partial charge is 0.0615 e. The van der Waals surface area contributed by atoms with Crippen molar-refractivity contribution in [2.75, 3.05) is 0 Å². The monoisotopic (exact) mass is 306 g/mol. The highest BCUT2D eigenvalue weighted by atomic mass is 14.6. The van der Waals surface area contributed by atoms with Crippen LogP contribution < -0.4 is 0 Å². The lowest BCUT2D eigenvalue weighted by molar-refractivity contribution is -0.0768. The molecule has 0 heteroatoms. The predicted octanol–water partition coefficient (Wildman–Crippen LogP) is 7.18. The van der Waals surface area contributed by atoms with Crippen molar-refractivity contribution >= 4 is 0 Å². The van der Waals surface area contributed by atoms with Gasteiger partial charge in [0.15, 0.2) is 0 Å². The molecule has 2 aliphatic rings. The molecule has 2 fully saturated rings. The standard InChI is InChI=1S/C22H42/c1-15-19(3,4)11-17(12-20(15,5)6)18-13-21(7,8)16(2)22(9,10)14-18/h15-18H,11-14H2,1-10H3. The van der Waals surface area contributed by atoms with Gasteiger partial charge in [0.1, 0.15) is 0 Å². The molecule has 2 aliphatic carbocycles. The highest BCUT2D eigenvalue weighted by Crippen LogP contribution is 2.60. The minimum atomic E-state index is 0.490. The first-order chi connectivity index (χ1) is 9.69. The molecular weight excluding hydrogens is 264 g/mol. The predicted molar refractivity (Wildman–Crippen MR) is 98.9 cm³/mol. The Bertz CT molecular complexity index is 334. The van der Waals surface area contributed by atoms with E-state index in [1.165, 1.54) is 25.7 Å². The fraction of sp³-hybridized carbons (Fsp3) is 1.00. The molecule has 0 heterocycles. The van der Waals surface area contributed by atoms with Crippen LogP contribution in [0.3, 0.4) is 0 Å². The third-order valence-electron chi connectivity index (χ3n) is 8.51. The molecule has 0 unspecified atom stereocenters. The van der Waals surface area contributed by atoms with Crippen LogP contribution in [0.25, 0.3) is 0 Å². The zero-order chi connectivity index (χ0) is 17.1. The third kappa shape index (κ3) is 3.13. The Labute approximate surface area is 140 Å². The van der Waals surface area contributed by atoms with Gasteiger partial charge >= 0.3 is 0 Å². The summed E-state index contributed by atoms with van der Waals surface area (Å²) in [5.41, 5.74) is 1.96. The zero-order valence-electron chi connectivity index (χ0n) is 17.1. The third-order valence-corrected chi connectivity index (χ3v) is 8.51. The van der Waals surface area contributed by atoms with Crippen molar-refractivity contribution in [3.63, 3.8) is 0 Å². The summed E-state index contributed by atoms with van der Waals surface area (Å²) in [5, 5.41) is 0. The lowest BCUT2D eigenvalue weighted by Gasteiger charge is -2.57. The van der Waals surface area contributed by atoms with Gasteiger partial charge in [-0.15, -0.1) is 0 Å². The first-order valence-electron chi connectivity index (χ1n) is 9.69. The van der Waals surface area contributed by atoms with Gasteiger partial charge in [0, 0.05) is 0 Å². The summed E-state index contributed by atoms with van der Waals surface area (Å²) in [4.78, 5) is 0. The smallest absolute Gasteiger partial charge is 0.0321 e. The van der Waals surface area contributed by atoms with Crippen LogP contribution in [0, 0.1) is 45.3 Å². The lowest BCUT2D eigenvalue weighted by atomic mass is 9.48. The summed E-state index contributed by atoms with van der Waals surface area (Å²) >= 11 is 0. The lowest BCUT2D eigenvalue weighted by Crippen LogP contribution is -2.49. The van der Waals surface area contributed by atoms with Crippen molar-refractivity contribution in [3.05, 3.63) is 0 Å². The van der Waals surface area contributed by atoms with Gasteiger partial charge in [0.05, 0.1) is 0 Å². The molecule has 0 saturated heterocycles. The maximum atomic E-state index is 2.52. The van der Waals surface area contributed by atoms with E-state index in [2.05, 4.69) is 69.2 Å². The molecule has 22 heavy (non-hydrogen) atoms. The van der Waals surface area contributed by atoms with Crippen LogP contribution in [0.5, 0.6) is 0 Å². The first kappa shape index (κ1) is 18.3. The molecule has 0 radical (unpaired) electrons. The molecule has 130 valence electrons. The fourth-order valence-electron chi connectivity index (χ4n) is 6.34. The molecule has 0 aromatic heterocycles. The van der Waals surface area contributed by atoms with Crippen LogP contribution >= 0.6 is 0 Å². The zero-order valence-corrected chi connectivity index (χ0v) is 17.1. The molecule has 0 spiro atoms. The molecule has 0 aliphatic heterocycles. The maximum Gasteiger partial charge on any atom is -0.0321 e. The van der Waals surface area contributed by atoms with E-state index < -0.39 is 0 Å². The van der Waals surface area contributed by atoms with E-state index >= 15 is 0 Å². The van der Waals surface area contributed by atoms with Crippen LogP contribution in [-0.4, -0.2) is 0 Å². The quantitative estimate of drug-likeness (QED) is 0.481. The second-order valence-electron chi connectivity index (χ2n) is 11.7. The van der Waals surface area contributed by atoms with Gasteiger partial charge in [-0.2, -0.15) is 0 Å². The average Bonchev–Trinajstić information content (AvgIpc) is 2.31. The SMILES string of the molecule is CC1C(C)(C)CC(C2CC(C)(C)C(C)C(C)(C)C2)CC1(C)C. The summed E-state index contributed by atoms with van der Waals surface area (Å²) in [7, 11) is 0. The second kappa shape index (κ2) is 5.25. The molecule has 0 amide bonds. The summed E-state index contributed by atoms with van der Waals surface area (Å²) in [6, 6.07) is 0. The van der Waals surface area contributed by atoms with Crippen LogP contribution in [0.1, 0.15) is 94.9 Å². The van der Waals surface area contributed by atoms with Crippen molar-refractivity contribution in [1.82, 2.24) is 0 Å². The summed E-state index contributed by atoms with van der Waals surface area (Å²) in [5.74, 6) is 3.49. The van der Waals surface area contributed by atoms with Crippen LogP contribution in [0.2, 0.25) is 0 Å². The van der Waals surface area contributed by atoms with Gasteiger partial charge in [0.25, 0.3) is 0 Å². The van der Waals surface area contributed by atoms with Gasteiger partial charge < -0.3 is 0 Å². The Kier molecular flexibility index (Phi) is 4.38. The molecule has 0 aromatic rings. The molecular formula is C22H42. The molecule has 0 N–H and O–H groups in total. The topological polar surface area (TPSA) is 0 Å². The molecule has 2 rings (SSSR count). The minimum absolute atomic E-state index is 0.490. The van der Waals surface area contributed by atoms with E-state index in [0.29, 0.717) is 21.7 Å². The summed E-state index contributed by atoms with van der Waals surface area (Å²) in [6.45, 7) is 25.2. The van der Waals surface area contributed by atoms with E-state index in [1.807, 2.05) is 0 Å². The van der Waals surface area contributed by atoms with Crippen molar-refractivity contribution in [2.45, 2.75) is 94.9 Å². The Morgan fingerprint density at radius 1 is 0.455 bits per heavy atom. The van der Waals surface area contributed by atoms with Crippen molar-refractivity contribution in [2.24, 2.45) is 45.3 Å². The van der Waals surface area contributed by atoms with Crippen molar-refractivity contribution in [3.8, 4) is 0 Å². The van der Waals surface area contributed by atoms with Crippen molar-refractivity contribution < 1.29 is 0 Å². The second-order valence-corrected chi connectivity index (χ2v) is 11.7. The van der Waals surface area contributed by atoms with Gasteiger partial charge in [-0.05, 0) is 71.0 Å². The van der Waals surface area contributed by atoms with Gasteiger partial charge in [-0.1, -0.05) is 69.2 Å². The van der Waals surface area contributed by atoms with Gasteiger partial charge in [-0.25, -0.2) is 0 Å². The van der Waals surface area contributed by atoms with Crippen LogP contribution in [0.15, 0.2) is 0 Å². The summed E-state index contributed by atoms with van der Waals surface area (Å²) < 4.78 is 0. The molecule has 2 saturated carbocycles. The van der Waals surface area contributed by atoms with E-state index in [4.69, 9.17) is 0 Å². The van der Waals surface area contributed by atoms with E-state index in [9.17, 15) is 0 Å². The van der Waals surface area contributed by atoms with Gasteiger partial charge in [-0.3, -0.25) is 0 Å². The molecule has 0 aromatic carbocycles. The minimum Gasteiger partial charge on any atom is -0.0615 e. The van der Waals surface area contributed by atoms with E-state index in [0.717, 1.165) is 23.7 Å². The molecule has 0 atom stereocenters.